The zero-order valence-corrected chi connectivity index (χ0v) is 8.25. The number of aliphatic imine (C=N–C) groups is 1. The number of hydrogen-bond donors (Lipinski definition) is 0. The Morgan fingerprint density at radius 2 is 2.23 bits per heavy atom. The molecule has 1 aliphatic heterocycles. The highest BCUT2D eigenvalue weighted by Crippen LogP contribution is 2.14. The molecule has 0 aromatic carbocycles. The van der Waals surface area contributed by atoms with Crippen molar-refractivity contribution in [2.24, 2.45) is 4.99 Å². The highest BCUT2D eigenvalue weighted by molar-refractivity contribution is 7.88. The molecule has 0 aliphatic carbocycles. The maximum absolute atomic E-state index is 11.1. The van der Waals surface area contributed by atoms with E-state index < -0.39 is 10.0 Å². The molecule has 74 valence electrons. The van der Waals surface area contributed by atoms with E-state index in [1.54, 1.807) is 0 Å². The van der Waals surface area contributed by atoms with E-state index in [-0.39, 0.29) is 6.04 Å². The smallest absolute Gasteiger partial charge is 0.213 e. The van der Waals surface area contributed by atoms with Gasteiger partial charge in [0.1, 0.15) is 0 Å². The topological polar surface area (TPSA) is 66.8 Å². The summed E-state index contributed by atoms with van der Waals surface area (Å²) in [5.41, 5.74) is 0. The highest BCUT2D eigenvalue weighted by atomic mass is 32.2. The molecule has 1 atom stereocenters. The third kappa shape index (κ3) is 2.91. The fourth-order valence-electron chi connectivity index (χ4n) is 1.40. The van der Waals surface area contributed by atoms with Gasteiger partial charge in [0.25, 0.3) is 0 Å². The second-order valence-corrected chi connectivity index (χ2v) is 5.12. The van der Waals surface area contributed by atoms with Crippen molar-refractivity contribution in [2.45, 2.75) is 18.9 Å². The zero-order valence-electron chi connectivity index (χ0n) is 7.43. The van der Waals surface area contributed by atoms with E-state index in [1.807, 2.05) is 0 Å². The Bertz CT molecular complexity index is 319. The Hall–Kier alpha value is -0.710. The first-order valence-electron chi connectivity index (χ1n) is 4.06. The number of nitrogens with zero attached hydrogens (tertiary/aromatic N) is 2. The number of hydrogen-bond acceptors (Lipinski definition) is 4. The number of carbonyl (C=O) groups excluding carboxylic acids is 1. The summed E-state index contributed by atoms with van der Waals surface area (Å²) in [6.45, 7) is 0.845. The minimum Gasteiger partial charge on any atom is -0.213 e. The van der Waals surface area contributed by atoms with Gasteiger partial charge in [-0.1, -0.05) is 0 Å². The summed E-state index contributed by atoms with van der Waals surface area (Å²) in [4.78, 5) is 13.5. The molecule has 0 radical (unpaired) electrons. The van der Waals surface area contributed by atoms with Gasteiger partial charge in [-0.15, -0.1) is 0 Å². The summed E-state index contributed by atoms with van der Waals surface area (Å²) in [6.07, 6.45) is 4.15. The Morgan fingerprint density at radius 1 is 1.54 bits per heavy atom. The van der Waals surface area contributed by atoms with Crippen LogP contribution in [-0.2, 0) is 14.8 Å². The maximum atomic E-state index is 11.1. The molecule has 5 nitrogen and oxygen atoms in total. The lowest BCUT2D eigenvalue weighted by molar-refractivity contribution is 0.318. The van der Waals surface area contributed by atoms with Crippen LogP contribution in [0.5, 0.6) is 0 Å². The first-order chi connectivity index (χ1) is 6.04. The SMILES string of the molecule is CS(=O)(=O)N1CCCC(N=C=O)C1. The van der Waals surface area contributed by atoms with Crippen molar-refractivity contribution in [2.75, 3.05) is 19.3 Å². The number of isocyanates is 1. The maximum Gasteiger partial charge on any atom is 0.235 e. The van der Waals surface area contributed by atoms with E-state index in [1.165, 1.54) is 16.6 Å². The normalized spacial score (nSPS) is 25.2. The van der Waals surface area contributed by atoms with Gasteiger partial charge in [-0.2, -0.15) is 4.31 Å². The second-order valence-electron chi connectivity index (χ2n) is 3.14. The van der Waals surface area contributed by atoms with E-state index >= 15 is 0 Å². The second kappa shape index (κ2) is 4.00. The average Bonchev–Trinajstić information content (AvgIpc) is 2.04. The molecule has 0 aromatic rings. The molecule has 0 N–H and O–H groups in total. The van der Waals surface area contributed by atoms with E-state index in [9.17, 15) is 13.2 Å². The molecule has 1 heterocycles. The number of rotatable bonds is 2. The largest absolute Gasteiger partial charge is 0.235 e. The predicted molar refractivity (Wildman–Crippen MR) is 47.6 cm³/mol. The summed E-state index contributed by atoms with van der Waals surface area (Å²) in [5.74, 6) is 0. The van der Waals surface area contributed by atoms with Gasteiger partial charge in [-0.05, 0) is 12.8 Å². The van der Waals surface area contributed by atoms with E-state index in [0.717, 1.165) is 12.8 Å². The first kappa shape index (κ1) is 10.4. The average molecular weight is 204 g/mol. The van der Waals surface area contributed by atoms with Crippen LogP contribution in [0.4, 0.5) is 0 Å². The number of piperidine rings is 1. The molecule has 1 unspecified atom stereocenters. The lowest BCUT2D eigenvalue weighted by Gasteiger charge is -2.27. The van der Waals surface area contributed by atoms with Crippen molar-refractivity contribution in [3.63, 3.8) is 0 Å². The molecule has 1 fully saturated rings. The zero-order chi connectivity index (χ0) is 9.90. The summed E-state index contributed by atoms with van der Waals surface area (Å²) in [6, 6.07) is -0.207. The Labute approximate surface area is 77.5 Å². The fraction of sp³-hybridized carbons (Fsp3) is 0.857. The molecule has 6 heteroatoms. The molecular weight excluding hydrogens is 192 g/mol. The van der Waals surface area contributed by atoms with Crippen LogP contribution in [0.3, 0.4) is 0 Å². The molecule has 13 heavy (non-hydrogen) atoms. The van der Waals surface area contributed by atoms with Gasteiger partial charge in [0.15, 0.2) is 0 Å². The van der Waals surface area contributed by atoms with E-state index in [0.29, 0.717) is 13.1 Å². The standard InChI is InChI=1S/C7H12N2O3S/c1-13(11,12)9-4-2-3-7(5-9)8-6-10/h7H,2-5H2,1H3. The quantitative estimate of drug-likeness (QED) is 0.460. The molecule has 0 bridgehead atoms. The monoisotopic (exact) mass is 204 g/mol. The molecule has 0 spiro atoms. The van der Waals surface area contributed by atoms with Crippen LogP contribution in [0.25, 0.3) is 0 Å². The van der Waals surface area contributed by atoms with Gasteiger partial charge in [0, 0.05) is 13.1 Å². The molecule has 1 rings (SSSR count). The molecular formula is C7H12N2O3S. The van der Waals surface area contributed by atoms with Crippen molar-refractivity contribution < 1.29 is 13.2 Å². The Morgan fingerprint density at radius 3 is 2.77 bits per heavy atom. The summed E-state index contributed by atoms with van der Waals surface area (Å²) in [7, 11) is -3.13. The molecule has 0 aromatic heterocycles. The molecule has 1 aliphatic rings. The van der Waals surface area contributed by atoms with Crippen LogP contribution in [-0.4, -0.2) is 44.2 Å². The fourth-order valence-corrected chi connectivity index (χ4v) is 2.31. The lowest BCUT2D eigenvalue weighted by Crippen LogP contribution is -2.40. The van der Waals surface area contributed by atoms with E-state index in [2.05, 4.69) is 4.99 Å². The number of sulfonamides is 1. The van der Waals surface area contributed by atoms with Gasteiger partial charge in [0.05, 0.1) is 12.3 Å². The van der Waals surface area contributed by atoms with Gasteiger partial charge in [-0.25, -0.2) is 18.2 Å². The van der Waals surface area contributed by atoms with E-state index in [4.69, 9.17) is 0 Å². The first-order valence-corrected chi connectivity index (χ1v) is 5.91. The van der Waals surface area contributed by atoms with Crippen LogP contribution in [0.1, 0.15) is 12.8 Å². The third-order valence-corrected chi connectivity index (χ3v) is 3.33. The van der Waals surface area contributed by atoms with Crippen LogP contribution in [0, 0.1) is 0 Å². The van der Waals surface area contributed by atoms with Crippen molar-refractivity contribution in [1.82, 2.24) is 4.31 Å². The van der Waals surface area contributed by atoms with Crippen LogP contribution < -0.4 is 0 Å². The van der Waals surface area contributed by atoms with Gasteiger partial charge < -0.3 is 0 Å². The van der Waals surface area contributed by atoms with Gasteiger partial charge in [-0.3, -0.25) is 0 Å². The molecule has 0 amide bonds. The van der Waals surface area contributed by atoms with Gasteiger partial charge in [0.2, 0.25) is 16.1 Å². The predicted octanol–water partition coefficient (Wildman–Crippen LogP) is -0.254. The van der Waals surface area contributed by atoms with Crippen molar-refractivity contribution >= 4 is 16.1 Å². The van der Waals surface area contributed by atoms with Crippen molar-refractivity contribution in [3.8, 4) is 0 Å². The Balaban J connectivity index is 2.67. The minimum atomic E-state index is -3.13. The minimum absolute atomic E-state index is 0.207. The summed E-state index contributed by atoms with van der Waals surface area (Å²) in [5, 5.41) is 0. The van der Waals surface area contributed by atoms with Crippen LogP contribution in [0.15, 0.2) is 4.99 Å². The highest BCUT2D eigenvalue weighted by Gasteiger charge is 2.25. The molecule has 1 saturated heterocycles. The van der Waals surface area contributed by atoms with Gasteiger partial charge >= 0.3 is 0 Å². The van der Waals surface area contributed by atoms with Crippen molar-refractivity contribution in [1.29, 1.82) is 0 Å². The lowest BCUT2D eigenvalue weighted by atomic mass is 10.1. The summed E-state index contributed by atoms with van der Waals surface area (Å²) >= 11 is 0. The van der Waals surface area contributed by atoms with Crippen LogP contribution >= 0.6 is 0 Å². The Kier molecular flexibility index (Phi) is 3.19. The third-order valence-electron chi connectivity index (χ3n) is 2.06. The van der Waals surface area contributed by atoms with Crippen molar-refractivity contribution in [3.05, 3.63) is 0 Å². The summed E-state index contributed by atoms with van der Waals surface area (Å²) < 4.78 is 23.6. The molecule has 0 saturated carbocycles. The van der Waals surface area contributed by atoms with Crippen LogP contribution in [0.2, 0.25) is 0 Å².